The van der Waals surface area contributed by atoms with Crippen LogP contribution >= 0.6 is 24.2 Å². The fourth-order valence-corrected chi connectivity index (χ4v) is 1.93. The van der Waals surface area contributed by atoms with Gasteiger partial charge in [0.05, 0.1) is 5.56 Å². The highest BCUT2D eigenvalue weighted by molar-refractivity contribution is 7.80. The Kier molecular flexibility index (Phi) is 4.28. The summed E-state index contributed by atoms with van der Waals surface area (Å²) in [7, 11) is 0. The van der Waals surface area contributed by atoms with Gasteiger partial charge in [-0.1, -0.05) is 29.8 Å². The zero-order valence-electron chi connectivity index (χ0n) is 9.47. The molecule has 0 bridgehead atoms. The van der Waals surface area contributed by atoms with Gasteiger partial charge >= 0.3 is 5.97 Å². The molecule has 0 aliphatic heterocycles. The number of hydrogen-bond acceptors (Lipinski definition) is 3. The van der Waals surface area contributed by atoms with E-state index in [1.807, 2.05) is 12.1 Å². The fraction of sp³-hybridized carbons (Fsp3) is 0.0714. The van der Waals surface area contributed by atoms with Crippen LogP contribution in [0.25, 0.3) is 0 Å². The molecule has 0 amide bonds. The first-order valence-corrected chi connectivity index (χ1v) is 6.18. The molecule has 0 radical (unpaired) electrons. The minimum atomic E-state index is -0.370. The molecule has 0 spiro atoms. The van der Waals surface area contributed by atoms with E-state index in [1.54, 1.807) is 36.4 Å². The molecule has 0 fully saturated rings. The smallest absolute Gasteiger partial charge is 0.338 e. The number of halogens is 1. The Bertz CT molecular complexity index is 569. The van der Waals surface area contributed by atoms with Crippen molar-refractivity contribution in [2.45, 2.75) is 11.5 Å². The summed E-state index contributed by atoms with van der Waals surface area (Å²) in [6.45, 7) is 0.205. The largest absolute Gasteiger partial charge is 0.457 e. The minimum absolute atomic E-state index is 0.205. The van der Waals surface area contributed by atoms with E-state index in [4.69, 9.17) is 16.3 Å². The third-order valence-electron chi connectivity index (χ3n) is 2.34. The van der Waals surface area contributed by atoms with Crippen LogP contribution in [-0.4, -0.2) is 5.97 Å². The third kappa shape index (κ3) is 3.52. The van der Waals surface area contributed by atoms with Crippen LogP contribution < -0.4 is 0 Å². The number of ether oxygens (including phenoxy) is 1. The molecule has 92 valence electrons. The second-order valence-electron chi connectivity index (χ2n) is 3.76. The average molecular weight is 279 g/mol. The van der Waals surface area contributed by atoms with Gasteiger partial charge in [-0.05, 0) is 35.9 Å². The van der Waals surface area contributed by atoms with Gasteiger partial charge in [0.15, 0.2) is 0 Å². The highest BCUT2D eigenvalue weighted by Gasteiger charge is 2.07. The van der Waals surface area contributed by atoms with Crippen molar-refractivity contribution < 1.29 is 9.53 Å². The molecule has 0 saturated carbocycles. The van der Waals surface area contributed by atoms with Crippen molar-refractivity contribution in [3.8, 4) is 0 Å². The second kappa shape index (κ2) is 5.94. The SMILES string of the molecule is O=C(OCc1cccc(Cl)c1)c1cccc(S)c1. The van der Waals surface area contributed by atoms with E-state index in [0.717, 1.165) is 10.5 Å². The minimum Gasteiger partial charge on any atom is -0.457 e. The molecule has 0 aliphatic rings. The lowest BCUT2D eigenvalue weighted by Gasteiger charge is -2.05. The summed E-state index contributed by atoms with van der Waals surface area (Å²) in [6, 6.07) is 14.1. The van der Waals surface area contributed by atoms with Crippen molar-refractivity contribution in [2.75, 3.05) is 0 Å². The van der Waals surface area contributed by atoms with Gasteiger partial charge in [-0.3, -0.25) is 0 Å². The molecular formula is C14H11ClO2S. The zero-order chi connectivity index (χ0) is 13.0. The van der Waals surface area contributed by atoms with Crippen LogP contribution in [-0.2, 0) is 11.3 Å². The van der Waals surface area contributed by atoms with Gasteiger partial charge in [-0.2, -0.15) is 0 Å². The summed E-state index contributed by atoms with van der Waals surface area (Å²) in [5.41, 5.74) is 1.35. The Balaban J connectivity index is 2.00. The van der Waals surface area contributed by atoms with Crippen LogP contribution in [0.1, 0.15) is 15.9 Å². The van der Waals surface area contributed by atoms with E-state index in [-0.39, 0.29) is 12.6 Å². The molecule has 2 rings (SSSR count). The van der Waals surface area contributed by atoms with Gasteiger partial charge in [0.25, 0.3) is 0 Å². The highest BCUT2D eigenvalue weighted by atomic mass is 35.5. The van der Waals surface area contributed by atoms with Gasteiger partial charge in [0.2, 0.25) is 0 Å². The molecule has 0 heterocycles. The van der Waals surface area contributed by atoms with Crippen molar-refractivity contribution in [1.82, 2.24) is 0 Å². The summed E-state index contributed by atoms with van der Waals surface area (Å²) >= 11 is 10.0. The quantitative estimate of drug-likeness (QED) is 0.679. The maximum atomic E-state index is 11.8. The molecule has 4 heteroatoms. The molecule has 0 saturated heterocycles. The summed E-state index contributed by atoms with van der Waals surface area (Å²) in [5.74, 6) is -0.370. The van der Waals surface area contributed by atoms with Crippen LogP contribution in [0.4, 0.5) is 0 Å². The summed E-state index contributed by atoms with van der Waals surface area (Å²) in [4.78, 5) is 12.5. The monoisotopic (exact) mass is 278 g/mol. The lowest BCUT2D eigenvalue weighted by atomic mass is 10.2. The molecule has 0 N–H and O–H groups in total. The van der Waals surface area contributed by atoms with Crippen molar-refractivity contribution in [3.63, 3.8) is 0 Å². The normalized spacial score (nSPS) is 10.1. The molecule has 0 aliphatic carbocycles. The lowest BCUT2D eigenvalue weighted by molar-refractivity contribution is 0.0472. The molecule has 0 unspecified atom stereocenters. The Hall–Kier alpha value is -1.45. The van der Waals surface area contributed by atoms with Gasteiger partial charge < -0.3 is 4.74 Å². The highest BCUT2D eigenvalue weighted by Crippen LogP contribution is 2.14. The maximum absolute atomic E-state index is 11.8. The molecule has 0 aromatic heterocycles. The lowest BCUT2D eigenvalue weighted by Crippen LogP contribution is -2.05. The first kappa shape index (κ1) is 13.0. The number of carbonyl (C=O) groups excluding carboxylic acids is 1. The number of carbonyl (C=O) groups is 1. The third-order valence-corrected chi connectivity index (χ3v) is 2.85. The molecular weight excluding hydrogens is 268 g/mol. The van der Waals surface area contributed by atoms with Gasteiger partial charge in [-0.15, -0.1) is 12.6 Å². The van der Waals surface area contributed by atoms with Crippen LogP contribution in [0.3, 0.4) is 0 Å². The van der Waals surface area contributed by atoms with Crippen LogP contribution in [0.5, 0.6) is 0 Å². The maximum Gasteiger partial charge on any atom is 0.338 e. The average Bonchev–Trinajstić information content (AvgIpc) is 2.36. The van der Waals surface area contributed by atoms with E-state index in [9.17, 15) is 4.79 Å². The van der Waals surface area contributed by atoms with E-state index < -0.39 is 0 Å². The Morgan fingerprint density at radius 1 is 1.17 bits per heavy atom. The van der Waals surface area contributed by atoms with Crippen molar-refractivity contribution in [3.05, 3.63) is 64.7 Å². The number of hydrogen-bond donors (Lipinski definition) is 1. The number of rotatable bonds is 3. The first-order chi connectivity index (χ1) is 8.65. The Morgan fingerprint density at radius 2 is 1.94 bits per heavy atom. The Labute approximate surface area is 116 Å². The second-order valence-corrected chi connectivity index (χ2v) is 4.71. The van der Waals surface area contributed by atoms with E-state index >= 15 is 0 Å². The summed E-state index contributed by atoms with van der Waals surface area (Å²) < 4.78 is 5.19. The number of benzene rings is 2. The molecule has 2 aromatic rings. The number of thiol groups is 1. The van der Waals surface area contributed by atoms with Crippen molar-refractivity contribution in [1.29, 1.82) is 0 Å². The molecule has 2 nitrogen and oxygen atoms in total. The van der Waals surface area contributed by atoms with Crippen LogP contribution in [0.2, 0.25) is 5.02 Å². The topological polar surface area (TPSA) is 26.3 Å². The number of esters is 1. The van der Waals surface area contributed by atoms with Crippen molar-refractivity contribution in [2.24, 2.45) is 0 Å². The standard InChI is InChI=1S/C14H11ClO2S/c15-12-5-1-3-10(7-12)9-17-14(16)11-4-2-6-13(18)8-11/h1-8,18H,9H2. The van der Waals surface area contributed by atoms with Crippen LogP contribution in [0, 0.1) is 0 Å². The Morgan fingerprint density at radius 3 is 2.67 bits per heavy atom. The summed E-state index contributed by atoms with van der Waals surface area (Å²) in [5, 5.41) is 0.626. The van der Waals surface area contributed by atoms with E-state index in [1.165, 1.54) is 0 Å². The van der Waals surface area contributed by atoms with Crippen molar-refractivity contribution >= 4 is 30.2 Å². The molecule has 18 heavy (non-hydrogen) atoms. The predicted molar refractivity (Wildman–Crippen MR) is 74.3 cm³/mol. The van der Waals surface area contributed by atoms with Crippen LogP contribution in [0.15, 0.2) is 53.4 Å². The summed E-state index contributed by atoms with van der Waals surface area (Å²) in [6.07, 6.45) is 0. The van der Waals surface area contributed by atoms with E-state index in [0.29, 0.717) is 10.6 Å². The molecule has 2 aromatic carbocycles. The van der Waals surface area contributed by atoms with Gasteiger partial charge in [-0.25, -0.2) is 4.79 Å². The zero-order valence-corrected chi connectivity index (χ0v) is 11.1. The van der Waals surface area contributed by atoms with Gasteiger partial charge in [0.1, 0.15) is 6.61 Å². The van der Waals surface area contributed by atoms with E-state index in [2.05, 4.69) is 12.6 Å². The fourth-order valence-electron chi connectivity index (χ4n) is 1.49. The molecule has 0 atom stereocenters. The predicted octanol–water partition coefficient (Wildman–Crippen LogP) is 3.99. The first-order valence-electron chi connectivity index (χ1n) is 5.36. The van der Waals surface area contributed by atoms with Gasteiger partial charge in [0, 0.05) is 9.92 Å².